The van der Waals surface area contributed by atoms with Crippen LogP contribution in [0.2, 0.25) is 0 Å². The quantitative estimate of drug-likeness (QED) is 0.244. The van der Waals surface area contributed by atoms with Gasteiger partial charge in [0, 0.05) is 22.3 Å². The molecule has 0 aliphatic carbocycles. The third-order valence-electron chi connectivity index (χ3n) is 6.50. The van der Waals surface area contributed by atoms with Crippen LogP contribution >= 0.6 is 23.7 Å². The standard InChI is InChI=1S/C29H32N2O3S.ClH/c1-32-23-10-6-21(7-11-23)29-28(26-15-14-25(33-2)20-27(26)35-29)30-22-8-12-24(13-9-22)34-19-18-31-16-4-3-5-17-31;/h6-15,20,30H,3-5,16-19H2,1-2H3;1H. The van der Waals surface area contributed by atoms with Crippen LogP contribution in [-0.2, 0) is 0 Å². The van der Waals surface area contributed by atoms with Crippen LogP contribution in [0.3, 0.4) is 0 Å². The summed E-state index contributed by atoms with van der Waals surface area (Å²) in [4.78, 5) is 3.68. The Morgan fingerprint density at radius 2 is 1.47 bits per heavy atom. The van der Waals surface area contributed by atoms with Gasteiger partial charge in [-0.1, -0.05) is 6.42 Å². The van der Waals surface area contributed by atoms with E-state index in [1.807, 2.05) is 30.3 Å². The zero-order chi connectivity index (χ0) is 24.0. The topological polar surface area (TPSA) is 43.0 Å². The molecule has 5 rings (SSSR count). The second-order valence-electron chi connectivity index (χ2n) is 8.80. The number of hydrogen-bond acceptors (Lipinski definition) is 6. The van der Waals surface area contributed by atoms with Gasteiger partial charge in [-0.15, -0.1) is 23.7 Å². The highest BCUT2D eigenvalue weighted by Gasteiger charge is 2.16. The molecule has 0 spiro atoms. The largest absolute Gasteiger partial charge is 0.497 e. The van der Waals surface area contributed by atoms with Gasteiger partial charge in [0.25, 0.3) is 0 Å². The molecular weight excluding hydrogens is 492 g/mol. The summed E-state index contributed by atoms with van der Waals surface area (Å²) < 4.78 is 18.0. The van der Waals surface area contributed by atoms with Gasteiger partial charge < -0.3 is 19.5 Å². The number of anilines is 2. The number of methoxy groups -OCH3 is 2. The summed E-state index contributed by atoms with van der Waals surface area (Å²) in [6.07, 6.45) is 3.98. The number of piperidine rings is 1. The fourth-order valence-corrected chi connectivity index (χ4v) is 5.72. The van der Waals surface area contributed by atoms with Gasteiger partial charge in [-0.25, -0.2) is 0 Å². The number of fused-ring (bicyclic) bond motifs is 1. The number of nitrogens with zero attached hydrogens (tertiary/aromatic N) is 1. The lowest BCUT2D eigenvalue weighted by Gasteiger charge is -2.26. The van der Waals surface area contributed by atoms with Crippen molar-refractivity contribution in [1.82, 2.24) is 4.90 Å². The number of nitrogens with one attached hydrogen (secondary N) is 1. The van der Waals surface area contributed by atoms with Crippen LogP contribution < -0.4 is 19.5 Å². The molecule has 36 heavy (non-hydrogen) atoms. The maximum Gasteiger partial charge on any atom is 0.120 e. The van der Waals surface area contributed by atoms with E-state index in [4.69, 9.17) is 14.2 Å². The number of rotatable bonds is 9. The van der Waals surface area contributed by atoms with E-state index in [1.165, 1.54) is 47.3 Å². The first-order chi connectivity index (χ1) is 17.2. The number of halogens is 1. The van der Waals surface area contributed by atoms with Crippen molar-refractivity contribution in [3.63, 3.8) is 0 Å². The Morgan fingerprint density at radius 3 is 2.17 bits per heavy atom. The zero-order valence-electron chi connectivity index (χ0n) is 20.8. The van der Waals surface area contributed by atoms with Crippen molar-refractivity contribution in [2.75, 3.05) is 45.8 Å². The van der Waals surface area contributed by atoms with E-state index >= 15 is 0 Å². The molecule has 1 aliphatic rings. The van der Waals surface area contributed by atoms with Crippen LogP contribution in [0.4, 0.5) is 11.4 Å². The van der Waals surface area contributed by atoms with Crippen LogP contribution in [0.15, 0.2) is 66.7 Å². The minimum atomic E-state index is 0. The van der Waals surface area contributed by atoms with Crippen molar-refractivity contribution in [3.8, 4) is 27.7 Å². The summed E-state index contributed by atoms with van der Waals surface area (Å²) in [5.74, 6) is 2.61. The first-order valence-electron chi connectivity index (χ1n) is 12.2. The van der Waals surface area contributed by atoms with Gasteiger partial charge >= 0.3 is 0 Å². The van der Waals surface area contributed by atoms with Gasteiger partial charge in [-0.2, -0.15) is 0 Å². The summed E-state index contributed by atoms with van der Waals surface area (Å²) in [5.41, 5.74) is 3.27. The fraction of sp³-hybridized carbons (Fsp3) is 0.310. The normalized spacial score (nSPS) is 13.7. The second-order valence-corrected chi connectivity index (χ2v) is 9.85. The number of likely N-dealkylation sites (tertiary alicyclic amines) is 1. The molecule has 1 aliphatic heterocycles. The van der Waals surface area contributed by atoms with E-state index in [2.05, 4.69) is 46.6 Å². The van der Waals surface area contributed by atoms with Gasteiger partial charge in [0.05, 0.1) is 24.8 Å². The van der Waals surface area contributed by atoms with E-state index in [9.17, 15) is 0 Å². The molecule has 1 N–H and O–H groups in total. The lowest BCUT2D eigenvalue weighted by atomic mass is 10.1. The highest BCUT2D eigenvalue weighted by Crippen LogP contribution is 2.45. The maximum absolute atomic E-state index is 6.02. The Kier molecular flexibility index (Phi) is 8.97. The highest BCUT2D eigenvalue weighted by atomic mass is 35.5. The Hall–Kier alpha value is -2.93. The lowest BCUT2D eigenvalue weighted by molar-refractivity contribution is 0.183. The van der Waals surface area contributed by atoms with Crippen LogP contribution in [0.25, 0.3) is 20.5 Å². The number of benzene rings is 3. The molecule has 0 bridgehead atoms. The molecule has 4 aromatic rings. The molecule has 190 valence electrons. The molecule has 1 fully saturated rings. The summed E-state index contributed by atoms with van der Waals surface area (Å²) >= 11 is 1.75. The Bertz CT molecular complexity index is 1250. The van der Waals surface area contributed by atoms with Crippen molar-refractivity contribution in [1.29, 1.82) is 0 Å². The molecule has 2 heterocycles. The smallest absolute Gasteiger partial charge is 0.120 e. The van der Waals surface area contributed by atoms with Crippen molar-refractivity contribution >= 4 is 45.2 Å². The summed E-state index contributed by atoms with van der Waals surface area (Å²) in [6.45, 7) is 4.12. The van der Waals surface area contributed by atoms with Crippen molar-refractivity contribution in [2.24, 2.45) is 0 Å². The van der Waals surface area contributed by atoms with E-state index in [1.54, 1.807) is 25.6 Å². The Balaban J connectivity index is 0.00000304. The predicted octanol–water partition coefficient (Wildman–Crippen LogP) is 7.62. The monoisotopic (exact) mass is 524 g/mol. The third-order valence-corrected chi connectivity index (χ3v) is 7.70. The molecule has 0 atom stereocenters. The minimum absolute atomic E-state index is 0. The molecule has 7 heteroatoms. The van der Waals surface area contributed by atoms with Gasteiger partial charge in [0.15, 0.2) is 0 Å². The molecule has 0 amide bonds. The van der Waals surface area contributed by atoms with Crippen LogP contribution in [0.1, 0.15) is 19.3 Å². The Morgan fingerprint density at radius 1 is 0.806 bits per heavy atom. The average Bonchev–Trinajstić information content (AvgIpc) is 3.27. The SMILES string of the molecule is COc1ccc(-c2sc3cc(OC)ccc3c2Nc2ccc(OCCN3CCCCC3)cc2)cc1.Cl. The molecule has 1 saturated heterocycles. The second kappa shape index (κ2) is 12.3. The summed E-state index contributed by atoms with van der Waals surface area (Å²) in [7, 11) is 3.39. The summed E-state index contributed by atoms with van der Waals surface area (Å²) in [6, 6.07) is 22.7. The van der Waals surface area contributed by atoms with Gasteiger partial charge in [-0.05, 0) is 98.2 Å². The minimum Gasteiger partial charge on any atom is -0.497 e. The van der Waals surface area contributed by atoms with Crippen LogP contribution in [-0.4, -0.2) is 45.4 Å². The molecule has 3 aromatic carbocycles. The fourth-order valence-electron chi connectivity index (χ4n) is 4.53. The maximum atomic E-state index is 6.02. The van der Waals surface area contributed by atoms with E-state index < -0.39 is 0 Å². The van der Waals surface area contributed by atoms with Crippen LogP contribution in [0.5, 0.6) is 17.2 Å². The van der Waals surface area contributed by atoms with Crippen molar-refractivity contribution in [3.05, 3.63) is 66.7 Å². The zero-order valence-corrected chi connectivity index (χ0v) is 22.4. The number of thiophene rings is 1. The van der Waals surface area contributed by atoms with Gasteiger partial charge in [0.1, 0.15) is 23.9 Å². The molecule has 0 unspecified atom stereocenters. The lowest BCUT2D eigenvalue weighted by Crippen LogP contribution is -2.33. The molecular formula is C29H33ClN2O3S. The van der Waals surface area contributed by atoms with E-state index in [0.29, 0.717) is 0 Å². The average molecular weight is 525 g/mol. The molecule has 1 aromatic heterocycles. The summed E-state index contributed by atoms with van der Waals surface area (Å²) in [5, 5.41) is 4.84. The first-order valence-corrected chi connectivity index (χ1v) is 13.0. The number of ether oxygens (including phenoxy) is 3. The van der Waals surface area contributed by atoms with Crippen LogP contribution in [0, 0.1) is 0 Å². The molecule has 0 saturated carbocycles. The number of hydrogen-bond donors (Lipinski definition) is 1. The van der Waals surface area contributed by atoms with E-state index in [0.717, 1.165) is 47.3 Å². The van der Waals surface area contributed by atoms with Gasteiger partial charge in [0.2, 0.25) is 0 Å². The van der Waals surface area contributed by atoms with Crippen molar-refractivity contribution < 1.29 is 14.2 Å². The van der Waals surface area contributed by atoms with Gasteiger partial charge in [-0.3, -0.25) is 4.90 Å². The van der Waals surface area contributed by atoms with Crippen molar-refractivity contribution in [2.45, 2.75) is 19.3 Å². The highest BCUT2D eigenvalue weighted by molar-refractivity contribution is 7.23. The first kappa shape index (κ1) is 26.1. The third kappa shape index (κ3) is 6.06. The van der Waals surface area contributed by atoms with E-state index in [-0.39, 0.29) is 12.4 Å². The molecule has 0 radical (unpaired) electrons. The Labute approximate surface area is 223 Å². The molecule has 5 nitrogen and oxygen atoms in total. The predicted molar refractivity (Wildman–Crippen MR) is 153 cm³/mol.